The summed E-state index contributed by atoms with van der Waals surface area (Å²) in [5.74, 6) is -1.06. The number of carbonyl (C=O) groups is 2. The summed E-state index contributed by atoms with van der Waals surface area (Å²) >= 11 is 0. The minimum atomic E-state index is -4.17. The molecule has 1 aromatic rings. The first kappa shape index (κ1) is 22.9. The first-order chi connectivity index (χ1) is 13.5. The first-order valence-electron chi connectivity index (χ1n) is 8.59. The Morgan fingerprint density at radius 1 is 1.21 bits per heavy atom. The van der Waals surface area contributed by atoms with Crippen LogP contribution in [0.15, 0.2) is 23.1 Å². The zero-order chi connectivity index (χ0) is 21.8. The number of rotatable bonds is 7. The van der Waals surface area contributed by atoms with Crippen molar-refractivity contribution in [2.45, 2.75) is 30.8 Å². The van der Waals surface area contributed by atoms with E-state index < -0.39 is 55.5 Å². The van der Waals surface area contributed by atoms with E-state index in [1.165, 1.54) is 32.2 Å². The molecule has 2 atom stereocenters. The van der Waals surface area contributed by atoms with Crippen LogP contribution in [-0.4, -0.2) is 66.1 Å². The molecule has 1 saturated heterocycles. The van der Waals surface area contributed by atoms with Crippen LogP contribution >= 0.6 is 0 Å². The molecule has 3 N–H and O–H groups in total. The normalized spacial score (nSPS) is 20.7. The molecule has 162 valence electrons. The van der Waals surface area contributed by atoms with Crippen LogP contribution in [0.5, 0.6) is 5.75 Å². The number of ether oxygens (including phenoxy) is 2. The number of amides is 2. The summed E-state index contributed by atoms with van der Waals surface area (Å²) in [5, 5.41) is 4.84. The van der Waals surface area contributed by atoms with E-state index in [1.54, 1.807) is 6.92 Å². The fourth-order valence-corrected chi connectivity index (χ4v) is 6.11. The average molecular weight is 450 g/mol. The molecular formula is C16H23N3O8S2. The van der Waals surface area contributed by atoms with Crippen LogP contribution in [0.25, 0.3) is 0 Å². The van der Waals surface area contributed by atoms with Gasteiger partial charge >= 0.3 is 6.09 Å². The molecule has 1 aliphatic rings. The molecule has 1 heterocycles. The molecule has 1 fully saturated rings. The topological polar surface area (TPSA) is 157 Å². The third-order valence-electron chi connectivity index (χ3n) is 4.03. The summed E-state index contributed by atoms with van der Waals surface area (Å²) < 4.78 is 61.7. The van der Waals surface area contributed by atoms with Gasteiger partial charge in [-0.05, 0) is 25.1 Å². The van der Waals surface area contributed by atoms with Crippen LogP contribution in [0, 0.1) is 0 Å². The maximum Gasteiger partial charge on any atom is 0.407 e. The van der Waals surface area contributed by atoms with Gasteiger partial charge in [-0.15, -0.1) is 0 Å². The molecular weight excluding hydrogens is 426 g/mol. The van der Waals surface area contributed by atoms with Crippen molar-refractivity contribution < 1.29 is 35.9 Å². The van der Waals surface area contributed by atoms with Crippen molar-refractivity contribution in [2.24, 2.45) is 0 Å². The highest BCUT2D eigenvalue weighted by Crippen LogP contribution is 2.28. The number of alkyl carbamates (subject to hydrolysis) is 1. The number of sulfonamides is 1. The molecule has 0 spiro atoms. The van der Waals surface area contributed by atoms with E-state index in [4.69, 9.17) is 9.47 Å². The summed E-state index contributed by atoms with van der Waals surface area (Å²) in [6.45, 7) is 2.93. The van der Waals surface area contributed by atoms with Crippen molar-refractivity contribution >= 4 is 37.5 Å². The van der Waals surface area contributed by atoms with Crippen molar-refractivity contribution in [2.75, 3.05) is 30.5 Å². The maximum absolute atomic E-state index is 12.8. The lowest BCUT2D eigenvalue weighted by Crippen LogP contribution is -2.51. The standard InChI is InChI=1S/C16H23N3O8S2/c1-4-27-16(21)18-13-8-28(22,23)9-14(13)19-29(24,25)11-5-6-15(26-3)12(7-11)17-10(2)20/h5-7,13-14,19H,4,8-9H2,1-3H3,(H,17,20)(H,18,21)/t13-,14-/m0/s1. The summed E-state index contributed by atoms with van der Waals surface area (Å²) in [5.41, 5.74) is 0.142. The molecule has 0 saturated carbocycles. The molecule has 13 heteroatoms. The lowest BCUT2D eigenvalue weighted by atomic mass is 10.2. The number of benzene rings is 1. The molecule has 0 unspecified atom stereocenters. The van der Waals surface area contributed by atoms with E-state index >= 15 is 0 Å². The minimum absolute atomic E-state index is 0.0828. The average Bonchev–Trinajstić information content (AvgIpc) is 2.86. The Labute approximate surface area is 169 Å². The highest BCUT2D eigenvalue weighted by Gasteiger charge is 2.41. The molecule has 11 nitrogen and oxygen atoms in total. The molecule has 0 aromatic heterocycles. The maximum atomic E-state index is 12.8. The second kappa shape index (κ2) is 8.97. The van der Waals surface area contributed by atoms with Crippen LogP contribution < -0.4 is 20.1 Å². The minimum Gasteiger partial charge on any atom is -0.495 e. The van der Waals surface area contributed by atoms with Gasteiger partial charge in [0.15, 0.2) is 9.84 Å². The van der Waals surface area contributed by atoms with Crippen molar-refractivity contribution in [3.8, 4) is 5.75 Å². The Kier molecular flexibility index (Phi) is 7.08. The molecule has 2 amide bonds. The number of anilines is 1. The number of hydrogen-bond acceptors (Lipinski definition) is 8. The summed E-state index contributed by atoms with van der Waals surface area (Å²) in [7, 11) is -6.38. The van der Waals surface area contributed by atoms with E-state index in [1.807, 2.05) is 0 Å². The fraction of sp³-hybridized carbons (Fsp3) is 0.500. The largest absolute Gasteiger partial charge is 0.495 e. The number of nitrogens with one attached hydrogen (secondary N) is 3. The Morgan fingerprint density at radius 2 is 1.86 bits per heavy atom. The van der Waals surface area contributed by atoms with E-state index in [0.29, 0.717) is 0 Å². The van der Waals surface area contributed by atoms with Crippen LogP contribution in [0.2, 0.25) is 0 Å². The van der Waals surface area contributed by atoms with Gasteiger partial charge in [0.2, 0.25) is 15.9 Å². The Bertz CT molecular complexity index is 991. The van der Waals surface area contributed by atoms with Crippen LogP contribution in [-0.2, 0) is 29.4 Å². The number of sulfone groups is 1. The lowest BCUT2D eigenvalue weighted by Gasteiger charge is -2.20. The number of hydrogen-bond donors (Lipinski definition) is 3. The van der Waals surface area contributed by atoms with Gasteiger partial charge in [-0.1, -0.05) is 0 Å². The monoisotopic (exact) mass is 449 g/mol. The fourth-order valence-electron chi connectivity index (χ4n) is 2.84. The smallest absolute Gasteiger partial charge is 0.407 e. The highest BCUT2D eigenvalue weighted by atomic mass is 32.2. The van der Waals surface area contributed by atoms with E-state index in [0.717, 1.165) is 0 Å². The van der Waals surface area contributed by atoms with Crippen LogP contribution in [0.4, 0.5) is 10.5 Å². The van der Waals surface area contributed by atoms with Crippen molar-refractivity contribution in [1.82, 2.24) is 10.0 Å². The molecule has 1 aliphatic heterocycles. The lowest BCUT2D eigenvalue weighted by molar-refractivity contribution is -0.114. The second-order valence-electron chi connectivity index (χ2n) is 6.32. The summed E-state index contributed by atoms with van der Waals surface area (Å²) in [4.78, 5) is 22.8. The van der Waals surface area contributed by atoms with E-state index in [2.05, 4.69) is 15.4 Å². The highest BCUT2D eigenvalue weighted by molar-refractivity contribution is 7.92. The molecule has 0 radical (unpaired) electrons. The number of carbonyl (C=O) groups excluding carboxylic acids is 2. The third kappa shape index (κ3) is 6.05. The predicted molar refractivity (Wildman–Crippen MR) is 104 cm³/mol. The van der Waals surface area contributed by atoms with Gasteiger partial charge in [-0.2, -0.15) is 0 Å². The Balaban J connectivity index is 2.28. The molecule has 0 aliphatic carbocycles. The van der Waals surface area contributed by atoms with Gasteiger partial charge in [0.25, 0.3) is 0 Å². The van der Waals surface area contributed by atoms with Gasteiger partial charge in [0, 0.05) is 6.92 Å². The van der Waals surface area contributed by atoms with Crippen molar-refractivity contribution in [3.63, 3.8) is 0 Å². The quantitative estimate of drug-likeness (QED) is 0.518. The second-order valence-corrected chi connectivity index (χ2v) is 10.2. The van der Waals surface area contributed by atoms with Crippen molar-refractivity contribution in [3.05, 3.63) is 18.2 Å². The SMILES string of the molecule is CCOC(=O)N[C@H]1CS(=O)(=O)C[C@@H]1NS(=O)(=O)c1ccc(OC)c(NC(C)=O)c1. The Morgan fingerprint density at radius 3 is 2.45 bits per heavy atom. The summed E-state index contributed by atoms with van der Waals surface area (Å²) in [6, 6.07) is 1.74. The van der Waals surface area contributed by atoms with Crippen LogP contribution in [0.3, 0.4) is 0 Å². The number of methoxy groups -OCH3 is 1. The predicted octanol–water partition coefficient (Wildman–Crippen LogP) is -0.156. The van der Waals surface area contributed by atoms with Gasteiger partial charge in [-0.3, -0.25) is 4.79 Å². The van der Waals surface area contributed by atoms with Crippen LogP contribution in [0.1, 0.15) is 13.8 Å². The Hall–Kier alpha value is -2.38. The van der Waals surface area contributed by atoms with E-state index in [-0.39, 0.29) is 22.9 Å². The third-order valence-corrected chi connectivity index (χ3v) is 7.25. The van der Waals surface area contributed by atoms with Gasteiger partial charge in [0.05, 0.1) is 47.9 Å². The van der Waals surface area contributed by atoms with Crippen molar-refractivity contribution in [1.29, 1.82) is 0 Å². The first-order valence-corrected chi connectivity index (χ1v) is 11.9. The zero-order valence-electron chi connectivity index (χ0n) is 16.1. The summed E-state index contributed by atoms with van der Waals surface area (Å²) in [6.07, 6.45) is -0.837. The molecule has 1 aromatic carbocycles. The molecule has 0 bridgehead atoms. The van der Waals surface area contributed by atoms with E-state index in [9.17, 15) is 26.4 Å². The van der Waals surface area contributed by atoms with Gasteiger partial charge in [-0.25, -0.2) is 26.4 Å². The van der Waals surface area contributed by atoms with Gasteiger partial charge in [0.1, 0.15) is 5.75 Å². The molecule has 2 rings (SSSR count). The van der Waals surface area contributed by atoms with Gasteiger partial charge < -0.3 is 20.1 Å². The molecule has 29 heavy (non-hydrogen) atoms. The zero-order valence-corrected chi connectivity index (χ0v) is 17.7.